The van der Waals surface area contributed by atoms with Crippen molar-refractivity contribution in [2.75, 3.05) is 5.32 Å². The van der Waals surface area contributed by atoms with Gasteiger partial charge in [0.2, 0.25) is 0 Å². The van der Waals surface area contributed by atoms with Crippen molar-refractivity contribution in [3.05, 3.63) is 81.0 Å². The number of amides is 2. The molecule has 0 saturated carbocycles. The fourth-order valence-corrected chi connectivity index (χ4v) is 3.33. The Bertz CT molecular complexity index is 1090. The minimum Gasteiger partial charge on any atom is -0.318 e. The Labute approximate surface area is 181 Å². The largest absolute Gasteiger partial charge is 0.329 e. The summed E-state index contributed by atoms with van der Waals surface area (Å²) in [7, 11) is 0. The average molecular weight is 474 g/mol. The monoisotopic (exact) mass is 472 g/mol. The van der Waals surface area contributed by atoms with E-state index in [9.17, 15) is 9.59 Å². The zero-order valence-corrected chi connectivity index (χ0v) is 18.1. The highest BCUT2D eigenvalue weighted by Gasteiger charge is 2.13. The van der Waals surface area contributed by atoms with Crippen LogP contribution in [0.3, 0.4) is 0 Å². The molecule has 0 saturated heterocycles. The Kier molecular flexibility index (Phi) is 6.51. The lowest BCUT2D eigenvalue weighted by atomic mass is 10.2. The van der Waals surface area contributed by atoms with Gasteiger partial charge in [0.15, 0.2) is 0 Å². The zero-order chi connectivity index (χ0) is 21.0. The van der Waals surface area contributed by atoms with Crippen molar-refractivity contribution in [1.29, 1.82) is 0 Å². The molecule has 3 aromatic rings. The van der Waals surface area contributed by atoms with Crippen molar-refractivity contribution >= 4 is 51.2 Å². The van der Waals surface area contributed by atoms with E-state index in [0.29, 0.717) is 10.7 Å². The quantitative estimate of drug-likeness (QED) is 0.330. The summed E-state index contributed by atoms with van der Waals surface area (Å²) < 4.78 is 3.09. The minimum absolute atomic E-state index is 0.430. The summed E-state index contributed by atoms with van der Waals surface area (Å²) in [4.78, 5) is 23.9. The van der Waals surface area contributed by atoms with Gasteiger partial charge in [-0.1, -0.05) is 33.6 Å². The highest BCUT2D eigenvalue weighted by atomic mass is 79.9. The Hall–Kier alpha value is -2.90. The number of hydrogen-bond acceptors (Lipinski definition) is 3. The number of nitrogens with one attached hydrogen (secondary N) is 2. The van der Waals surface area contributed by atoms with Crippen molar-refractivity contribution in [3.8, 4) is 5.69 Å². The van der Waals surface area contributed by atoms with Gasteiger partial charge < -0.3 is 9.88 Å². The Balaban J connectivity index is 1.67. The zero-order valence-electron chi connectivity index (χ0n) is 15.7. The van der Waals surface area contributed by atoms with Gasteiger partial charge in [-0.05, 0) is 62.4 Å². The molecule has 0 radical (unpaired) electrons. The van der Waals surface area contributed by atoms with Crippen molar-refractivity contribution < 1.29 is 9.59 Å². The third-order valence-corrected chi connectivity index (χ3v) is 4.98. The predicted octanol–water partition coefficient (Wildman–Crippen LogP) is 4.60. The van der Waals surface area contributed by atoms with E-state index in [-0.39, 0.29) is 0 Å². The fourth-order valence-electron chi connectivity index (χ4n) is 2.87. The summed E-state index contributed by atoms with van der Waals surface area (Å²) in [6.07, 6.45) is 1.52. The summed E-state index contributed by atoms with van der Waals surface area (Å²) in [5.74, 6) is -1.70. The first-order valence-electron chi connectivity index (χ1n) is 8.70. The molecule has 3 rings (SSSR count). The number of carbonyl (C=O) groups is 2. The maximum atomic E-state index is 12.0. The summed E-state index contributed by atoms with van der Waals surface area (Å²) in [5.41, 5.74) is 6.51. The smallest absolute Gasteiger partial charge is 0.318 e. The van der Waals surface area contributed by atoms with Gasteiger partial charge in [0.25, 0.3) is 0 Å². The Morgan fingerprint density at radius 3 is 2.48 bits per heavy atom. The summed E-state index contributed by atoms with van der Waals surface area (Å²) in [5, 5.41) is 6.84. The molecular formula is C21H18BrClN4O2. The molecule has 0 spiro atoms. The van der Waals surface area contributed by atoms with Gasteiger partial charge in [0.05, 0.1) is 6.21 Å². The first-order valence-corrected chi connectivity index (χ1v) is 9.87. The van der Waals surface area contributed by atoms with Gasteiger partial charge in [-0.25, -0.2) is 5.43 Å². The number of nitrogens with zero attached hydrogens (tertiary/aromatic N) is 2. The maximum absolute atomic E-state index is 12.0. The van der Waals surface area contributed by atoms with Crippen LogP contribution in [0.2, 0.25) is 5.02 Å². The molecule has 6 nitrogen and oxygen atoms in total. The van der Waals surface area contributed by atoms with Gasteiger partial charge >= 0.3 is 11.8 Å². The summed E-state index contributed by atoms with van der Waals surface area (Å²) in [6, 6.07) is 16.5. The second-order valence-corrected chi connectivity index (χ2v) is 7.65. The number of aromatic nitrogens is 1. The van der Waals surface area contributed by atoms with Crippen LogP contribution in [0.1, 0.15) is 17.0 Å². The molecule has 0 aliphatic rings. The first kappa shape index (κ1) is 20.8. The number of benzene rings is 2. The Morgan fingerprint density at radius 1 is 1.07 bits per heavy atom. The number of carbonyl (C=O) groups excluding carboxylic acids is 2. The molecular weight excluding hydrogens is 456 g/mol. The van der Waals surface area contributed by atoms with E-state index in [4.69, 9.17) is 11.6 Å². The average Bonchev–Trinajstić information content (AvgIpc) is 2.96. The van der Waals surface area contributed by atoms with Crippen LogP contribution in [0.4, 0.5) is 5.69 Å². The van der Waals surface area contributed by atoms with Gasteiger partial charge in [-0.2, -0.15) is 5.10 Å². The van der Waals surface area contributed by atoms with Crippen molar-refractivity contribution in [2.45, 2.75) is 13.8 Å². The van der Waals surface area contributed by atoms with Crippen LogP contribution in [0.25, 0.3) is 5.69 Å². The number of halogens is 2. The highest BCUT2D eigenvalue weighted by Crippen LogP contribution is 2.21. The molecule has 0 unspecified atom stereocenters. The predicted molar refractivity (Wildman–Crippen MR) is 119 cm³/mol. The molecule has 2 N–H and O–H groups in total. The number of anilines is 1. The minimum atomic E-state index is -0.872. The van der Waals surface area contributed by atoms with Gasteiger partial charge in [-0.3, -0.25) is 9.59 Å². The molecule has 0 bridgehead atoms. The molecule has 1 aromatic heterocycles. The second-order valence-electron chi connectivity index (χ2n) is 6.30. The van der Waals surface area contributed by atoms with Crippen molar-refractivity contribution in [3.63, 3.8) is 0 Å². The lowest BCUT2D eigenvalue weighted by Crippen LogP contribution is -2.32. The molecule has 0 aliphatic carbocycles. The van der Waals surface area contributed by atoms with Gasteiger partial charge in [-0.15, -0.1) is 0 Å². The molecule has 1 heterocycles. The number of hydrazone groups is 1. The van der Waals surface area contributed by atoms with Crippen molar-refractivity contribution in [1.82, 2.24) is 9.99 Å². The number of aryl methyl sites for hydroxylation is 1. The van der Waals surface area contributed by atoms with Crippen molar-refractivity contribution in [2.24, 2.45) is 5.10 Å². The van der Waals surface area contributed by atoms with E-state index >= 15 is 0 Å². The Morgan fingerprint density at radius 2 is 1.79 bits per heavy atom. The van der Waals surface area contributed by atoms with E-state index in [1.807, 2.05) is 44.2 Å². The summed E-state index contributed by atoms with van der Waals surface area (Å²) >= 11 is 9.30. The van der Waals surface area contributed by atoms with Crippen LogP contribution >= 0.6 is 27.5 Å². The van der Waals surface area contributed by atoms with E-state index < -0.39 is 11.8 Å². The van der Waals surface area contributed by atoms with E-state index in [1.165, 1.54) is 6.21 Å². The van der Waals surface area contributed by atoms with Crippen LogP contribution < -0.4 is 10.7 Å². The van der Waals surface area contributed by atoms with E-state index in [2.05, 4.69) is 36.3 Å². The SMILES string of the molecule is Cc1cc(/C=N\NC(=O)C(=O)Nc2cccc(Cl)c2)c(C)n1-c1ccc(Br)cc1. The highest BCUT2D eigenvalue weighted by molar-refractivity contribution is 9.10. The second kappa shape index (κ2) is 9.07. The first-order chi connectivity index (χ1) is 13.8. The van der Waals surface area contributed by atoms with Crippen LogP contribution in [0, 0.1) is 13.8 Å². The molecule has 0 fully saturated rings. The van der Waals surface area contributed by atoms with E-state index in [0.717, 1.165) is 27.1 Å². The normalized spacial score (nSPS) is 10.9. The summed E-state index contributed by atoms with van der Waals surface area (Å²) in [6.45, 7) is 3.95. The maximum Gasteiger partial charge on any atom is 0.329 e. The lowest BCUT2D eigenvalue weighted by Gasteiger charge is -2.09. The molecule has 8 heteroatoms. The molecule has 148 valence electrons. The third-order valence-electron chi connectivity index (χ3n) is 4.21. The third kappa shape index (κ3) is 5.13. The van der Waals surface area contributed by atoms with E-state index in [1.54, 1.807) is 24.3 Å². The van der Waals surface area contributed by atoms with Crippen LogP contribution in [-0.2, 0) is 9.59 Å². The molecule has 0 atom stereocenters. The number of rotatable bonds is 4. The number of hydrogen-bond donors (Lipinski definition) is 2. The topological polar surface area (TPSA) is 75.5 Å². The van der Waals surface area contributed by atoms with Crippen LogP contribution in [0.5, 0.6) is 0 Å². The molecule has 2 aromatic carbocycles. The molecule has 29 heavy (non-hydrogen) atoms. The lowest BCUT2D eigenvalue weighted by molar-refractivity contribution is -0.136. The van der Waals surface area contributed by atoms with Crippen LogP contribution in [0.15, 0.2) is 64.2 Å². The van der Waals surface area contributed by atoms with Gasteiger partial charge in [0, 0.05) is 37.8 Å². The van der Waals surface area contributed by atoms with Gasteiger partial charge in [0.1, 0.15) is 0 Å². The van der Waals surface area contributed by atoms with Crippen LogP contribution in [-0.4, -0.2) is 22.6 Å². The standard InChI is InChI=1S/C21H18BrClN4O2/c1-13-10-15(14(2)27(13)19-8-6-16(22)7-9-19)12-24-26-21(29)20(28)25-18-5-3-4-17(23)11-18/h3-12H,1-2H3,(H,25,28)(H,26,29)/b24-12-. The fraction of sp³-hybridized carbons (Fsp3) is 0.0952. The molecule has 2 amide bonds. The molecule has 0 aliphatic heterocycles.